The molecule has 0 bridgehead atoms. The van der Waals surface area contributed by atoms with Gasteiger partial charge in [-0.25, -0.2) is 4.39 Å². The van der Waals surface area contributed by atoms with Crippen molar-refractivity contribution in [3.63, 3.8) is 0 Å². The van der Waals surface area contributed by atoms with E-state index in [1.807, 2.05) is 9.99 Å². The summed E-state index contributed by atoms with van der Waals surface area (Å²) < 4.78 is 14.7. The Labute approximate surface area is 86.9 Å². The summed E-state index contributed by atoms with van der Waals surface area (Å²) in [7, 11) is 0. The average molecular weight is 246 g/mol. The van der Waals surface area contributed by atoms with Crippen LogP contribution >= 0.6 is 16.1 Å². The van der Waals surface area contributed by atoms with Crippen LogP contribution in [-0.4, -0.2) is 6.54 Å². The molecule has 0 fully saturated rings. The third-order valence-corrected chi connectivity index (χ3v) is 2.31. The van der Waals surface area contributed by atoms with Crippen LogP contribution in [0.4, 0.5) is 10.1 Å². The van der Waals surface area contributed by atoms with Crippen molar-refractivity contribution in [2.45, 2.75) is 13.8 Å². The van der Waals surface area contributed by atoms with Crippen LogP contribution in [-0.2, 0) is 0 Å². The van der Waals surface area contributed by atoms with E-state index < -0.39 is 0 Å². The maximum atomic E-state index is 12.8. The Morgan fingerprint density at radius 1 is 1.46 bits per heavy atom. The Kier molecular flexibility index (Phi) is 3.72. The van der Waals surface area contributed by atoms with E-state index in [0.29, 0.717) is 5.92 Å². The lowest BCUT2D eigenvalue weighted by Crippen LogP contribution is -2.16. The van der Waals surface area contributed by atoms with E-state index in [1.54, 1.807) is 6.07 Å². The summed E-state index contributed by atoms with van der Waals surface area (Å²) in [4.78, 5) is 0. The monoisotopic (exact) mass is 245 g/mol. The Bertz CT molecular complexity index is 275. The minimum atomic E-state index is -0.203. The highest BCUT2D eigenvalue weighted by Crippen LogP contribution is 2.19. The van der Waals surface area contributed by atoms with Gasteiger partial charge < -0.3 is 3.93 Å². The highest BCUT2D eigenvalue weighted by atomic mass is 79.9. The van der Waals surface area contributed by atoms with Crippen molar-refractivity contribution in [1.29, 1.82) is 0 Å². The van der Waals surface area contributed by atoms with E-state index in [9.17, 15) is 4.39 Å². The molecule has 0 aromatic heterocycles. The maximum absolute atomic E-state index is 12.8. The van der Waals surface area contributed by atoms with E-state index >= 15 is 0 Å². The van der Waals surface area contributed by atoms with Crippen molar-refractivity contribution in [1.82, 2.24) is 0 Å². The molecule has 0 spiro atoms. The van der Waals surface area contributed by atoms with Gasteiger partial charge in [-0.15, -0.1) is 0 Å². The predicted molar refractivity (Wildman–Crippen MR) is 57.5 cm³/mol. The number of halogens is 2. The zero-order valence-electron chi connectivity index (χ0n) is 7.80. The van der Waals surface area contributed by atoms with Gasteiger partial charge in [-0.2, -0.15) is 0 Å². The van der Waals surface area contributed by atoms with Crippen LogP contribution in [0.3, 0.4) is 0 Å². The molecule has 0 radical (unpaired) electrons. The second kappa shape index (κ2) is 4.61. The second-order valence-corrected chi connectivity index (χ2v) is 4.27. The minimum Gasteiger partial charge on any atom is -0.308 e. The van der Waals surface area contributed by atoms with Crippen molar-refractivity contribution < 1.29 is 4.39 Å². The van der Waals surface area contributed by atoms with Gasteiger partial charge in [0.15, 0.2) is 0 Å². The predicted octanol–water partition coefficient (Wildman–Crippen LogP) is 3.60. The van der Waals surface area contributed by atoms with Crippen LogP contribution in [0.2, 0.25) is 0 Å². The van der Waals surface area contributed by atoms with Gasteiger partial charge in [-0.1, -0.05) is 19.9 Å². The van der Waals surface area contributed by atoms with Gasteiger partial charge in [0.2, 0.25) is 0 Å². The molecule has 0 aliphatic carbocycles. The molecular formula is C10H13BrFN. The van der Waals surface area contributed by atoms with Crippen molar-refractivity contribution >= 4 is 21.8 Å². The zero-order valence-corrected chi connectivity index (χ0v) is 9.38. The third kappa shape index (κ3) is 3.35. The topological polar surface area (TPSA) is 3.24 Å². The van der Waals surface area contributed by atoms with E-state index in [-0.39, 0.29) is 5.82 Å². The van der Waals surface area contributed by atoms with Crippen LogP contribution < -0.4 is 3.93 Å². The van der Waals surface area contributed by atoms with Crippen LogP contribution in [0.1, 0.15) is 13.8 Å². The van der Waals surface area contributed by atoms with Crippen LogP contribution in [0.15, 0.2) is 24.3 Å². The first-order valence-corrected chi connectivity index (χ1v) is 4.99. The second-order valence-electron chi connectivity index (χ2n) is 3.42. The summed E-state index contributed by atoms with van der Waals surface area (Å²) in [6, 6.07) is 6.54. The largest absolute Gasteiger partial charge is 0.308 e. The van der Waals surface area contributed by atoms with Crippen LogP contribution in [0, 0.1) is 11.7 Å². The molecule has 3 heteroatoms. The number of anilines is 1. The highest BCUT2D eigenvalue weighted by Gasteiger charge is 2.05. The SMILES string of the molecule is CC(C)CN(Br)c1cccc(F)c1. The van der Waals surface area contributed by atoms with Gasteiger partial charge in [0, 0.05) is 28.4 Å². The molecule has 0 N–H and O–H groups in total. The maximum Gasteiger partial charge on any atom is 0.125 e. The minimum absolute atomic E-state index is 0.203. The number of hydrogen-bond acceptors (Lipinski definition) is 1. The lowest BCUT2D eigenvalue weighted by molar-refractivity contribution is 0.626. The van der Waals surface area contributed by atoms with Crippen LogP contribution in [0.25, 0.3) is 0 Å². The van der Waals surface area contributed by atoms with Gasteiger partial charge >= 0.3 is 0 Å². The summed E-state index contributed by atoms with van der Waals surface area (Å²) in [5.74, 6) is 0.341. The standard InChI is InChI=1S/C10H13BrFN/c1-8(2)7-13(11)10-5-3-4-9(12)6-10/h3-6,8H,7H2,1-2H3. The molecule has 72 valence electrons. The van der Waals surface area contributed by atoms with Crippen molar-refractivity contribution in [2.24, 2.45) is 5.92 Å². The highest BCUT2D eigenvalue weighted by molar-refractivity contribution is 9.10. The van der Waals surface area contributed by atoms with Gasteiger partial charge in [0.05, 0.1) is 0 Å². The fourth-order valence-corrected chi connectivity index (χ4v) is 1.85. The number of rotatable bonds is 3. The molecule has 1 aromatic rings. The lowest BCUT2D eigenvalue weighted by Gasteiger charge is -2.18. The third-order valence-electron chi connectivity index (χ3n) is 1.61. The Balaban J connectivity index is 2.71. The van der Waals surface area contributed by atoms with Gasteiger partial charge in [0.25, 0.3) is 0 Å². The summed E-state index contributed by atoms with van der Waals surface area (Å²) in [5, 5.41) is 0. The molecule has 0 saturated carbocycles. The van der Waals surface area contributed by atoms with E-state index in [2.05, 4.69) is 30.0 Å². The molecule has 0 aliphatic rings. The smallest absolute Gasteiger partial charge is 0.125 e. The van der Waals surface area contributed by atoms with Crippen molar-refractivity contribution in [3.8, 4) is 0 Å². The number of hydrogen-bond donors (Lipinski definition) is 0. The summed E-state index contributed by atoms with van der Waals surface area (Å²) in [6.07, 6.45) is 0. The molecule has 0 unspecified atom stereocenters. The van der Waals surface area contributed by atoms with Gasteiger partial charge in [0.1, 0.15) is 5.82 Å². The molecule has 1 rings (SSSR count). The fraction of sp³-hybridized carbons (Fsp3) is 0.400. The molecule has 0 aliphatic heterocycles. The number of nitrogens with zero attached hydrogens (tertiary/aromatic N) is 1. The molecule has 0 atom stereocenters. The molecule has 1 aromatic carbocycles. The normalized spacial score (nSPS) is 10.5. The van der Waals surface area contributed by atoms with Gasteiger partial charge in [-0.05, 0) is 24.1 Å². The molecule has 1 nitrogen and oxygen atoms in total. The molecule has 0 amide bonds. The molecular weight excluding hydrogens is 233 g/mol. The molecule has 13 heavy (non-hydrogen) atoms. The number of benzene rings is 1. The van der Waals surface area contributed by atoms with Crippen molar-refractivity contribution in [3.05, 3.63) is 30.1 Å². The van der Waals surface area contributed by atoms with Crippen LogP contribution in [0.5, 0.6) is 0 Å². The summed E-state index contributed by atoms with van der Waals surface area (Å²) >= 11 is 3.39. The first kappa shape index (κ1) is 10.5. The van der Waals surface area contributed by atoms with Gasteiger partial charge in [-0.3, -0.25) is 0 Å². The fourth-order valence-electron chi connectivity index (χ4n) is 1.05. The Morgan fingerprint density at radius 3 is 2.69 bits per heavy atom. The Morgan fingerprint density at radius 2 is 2.15 bits per heavy atom. The van der Waals surface area contributed by atoms with E-state index in [0.717, 1.165) is 12.2 Å². The van der Waals surface area contributed by atoms with E-state index in [4.69, 9.17) is 0 Å². The first-order valence-electron chi connectivity index (χ1n) is 4.28. The summed E-state index contributed by atoms with van der Waals surface area (Å²) in [6.45, 7) is 5.10. The zero-order chi connectivity index (χ0) is 9.84. The average Bonchev–Trinajstić information content (AvgIpc) is 2.03. The van der Waals surface area contributed by atoms with E-state index in [1.165, 1.54) is 12.1 Å². The summed E-state index contributed by atoms with van der Waals surface area (Å²) in [5.41, 5.74) is 0.855. The Hall–Kier alpha value is -0.570. The molecule has 0 heterocycles. The first-order chi connectivity index (χ1) is 6.09. The quantitative estimate of drug-likeness (QED) is 0.736. The van der Waals surface area contributed by atoms with Crippen molar-refractivity contribution in [2.75, 3.05) is 10.5 Å². The molecule has 0 saturated heterocycles. The lowest BCUT2D eigenvalue weighted by atomic mass is 10.2.